The monoisotopic (exact) mass is 271 g/mol. The number of para-hydroxylation sites is 1. The number of anilines is 1. The SMILES string of the molecule is CN1CC2CN(N3C(=O)CCc4ccccc43)CC2C1. The Hall–Kier alpha value is -1.39. The third kappa shape index (κ3) is 1.86. The van der Waals surface area contributed by atoms with Gasteiger partial charge >= 0.3 is 0 Å². The molecule has 1 amide bonds. The second kappa shape index (κ2) is 4.57. The molecule has 0 bridgehead atoms. The lowest BCUT2D eigenvalue weighted by Crippen LogP contribution is -2.48. The number of amides is 1. The maximum atomic E-state index is 12.4. The summed E-state index contributed by atoms with van der Waals surface area (Å²) in [6.45, 7) is 4.39. The van der Waals surface area contributed by atoms with E-state index in [2.05, 4.69) is 35.2 Å². The van der Waals surface area contributed by atoms with Crippen LogP contribution in [0.4, 0.5) is 5.69 Å². The van der Waals surface area contributed by atoms with E-state index in [1.54, 1.807) is 0 Å². The molecule has 1 aromatic rings. The molecule has 0 radical (unpaired) electrons. The second-order valence-corrected chi connectivity index (χ2v) is 6.45. The number of fused-ring (bicyclic) bond motifs is 2. The summed E-state index contributed by atoms with van der Waals surface area (Å²) in [5.41, 5.74) is 2.42. The molecule has 2 unspecified atom stereocenters. The fraction of sp³-hybridized carbons (Fsp3) is 0.562. The standard InChI is InChI=1S/C16H21N3O/c1-17-8-13-10-18(11-14(13)9-17)19-15-5-3-2-4-12(15)6-7-16(19)20/h2-5,13-14H,6-11H2,1H3. The number of aryl methyl sites for hydroxylation is 1. The van der Waals surface area contributed by atoms with Gasteiger partial charge in [0.1, 0.15) is 0 Å². The van der Waals surface area contributed by atoms with Crippen LogP contribution in [0, 0.1) is 11.8 Å². The van der Waals surface area contributed by atoms with Gasteiger partial charge in [0.15, 0.2) is 0 Å². The minimum Gasteiger partial charge on any atom is -0.306 e. The molecule has 0 aromatic heterocycles. The zero-order chi connectivity index (χ0) is 13.7. The number of hydrogen-bond acceptors (Lipinski definition) is 3. The molecule has 1 aromatic carbocycles. The van der Waals surface area contributed by atoms with Crippen molar-refractivity contribution >= 4 is 11.6 Å². The highest BCUT2D eigenvalue weighted by Gasteiger charge is 2.42. The number of hydrazine groups is 1. The van der Waals surface area contributed by atoms with Gasteiger partial charge in [-0.2, -0.15) is 0 Å². The van der Waals surface area contributed by atoms with Crippen LogP contribution in [0.25, 0.3) is 0 Å². The third-order valence-corrected chi connectivity index (χ3v) is 5.00. The molecule has 0 spiro atoms. The van der Waals surface area contributed by atoms with E-state index in [1.165, 1.54) is 18.7 Å². The zero-order valence-corrected chi connectivity index (χ0v) is 12.0. The van der Waals surface area contributed by atoms with Crippen molar-refractivity contribution in [2.45, 2.75) is 12.8 Å². The fourth-order valence-corrected chi connectivity index (χ4v) is 4.09. The normalized spacial score (nSPS) is 30.6. The molecule has 2 atom stereocenters. The first-order chi connectivity index (χ1) is 9.72. The van der Waals surface area contributed by atoms with E-state index >= 15 is 0 Å². The van der Waals surface area contributed by atoms with Crippen LogP contribution in [-0.4, -0.2) is 49.0 Å². The van der Waals surface area contributed by atoms with Crippen LogP contribution in [0.5, 0.6) is 0 Å². The van der Waals surface area contributed by atoms with Crippen molar-refractivity contribution in [3.8, 4) is 0 Å². The Balaban J connectivity index is 1.61. The van der Waals surface area contributed by atoms with E-state index in [0.29, 0.717) is 6.42 Å². The predicted octanol–water partition coefficient (Wildman–Crippen LogP) is 1.37. The summed E-state index contributed by atoms with van der Waals surface area (Å²) in [4.78, 5) is 14.8. The Morgan fingerprint density at radius 1 is 1.00 bits per heavy atom. The highest BCUT2D eigenvalue weighted by Crippen LogP contribution is 2.35. The summed E-state index contributed by atoms with van der Waals surface area (Å²) in [6, 6.07) is 8.35. The van der Waals surface area contributed by atoms with Crippen molar-refractivity contribution in [1.82, 2.24) is 9.91 Å². The molecular weight excluding hydrogens is 250 g/mol. The molecule has 0 aliphatic carbocycles. The Kier molecular flexibility index (Phi) is 2.82. The largest absolute Gasteiger partial charge is 0.306 e. The van der Waals surface area contributed by atoms with Crippen molar-refractivity contribution in [1.29, 1.82) is 0 Å². The molecule has 3 aliphatic heterocycles. The Morgan fingerprint density at radius 2 is 1.70 bits per heavy atom. The Morgan fingerprint density at radius 3 is 2.45 bits per heavy atom. The highest BCUT2D eigenvalue weighted by molar-refractivity contribution is 5.95. The fourth-order valence-electron chi connectivity index (χ4n) is 4.09. The van der Waals surface area contributed by atoms with E-state index in [9.17, 15) is 4.79 Å². The molecule has 3 heterocycles. The van der Waals surface area contributed by atoms with Gasteiger partial charge < -0.3 is 4.90 Å². The van der Waals surface area contributed by atoms with Crippen LogP contribution in [0.1, 0.15) is 12.0 Å². The van der Waals surface area contributed by atoms with Crippen LogP contribution in [0.3, 0.4) is 0 Å². The number of rotatable bonds is 1. The first kappa shape index (κ1) is 12.4. The molecule has 4 rings (SSSR count). The number of nitrogens with zero attached hydrogens (tertiary/aromatic N) is 3. The van der Waals surface area contributed by atoms with E-state index in [1.807, 2.05) is 11.1 Å². The maximum absolute atomic E-state index is 12.4. The molecule has 4 nitrogen and oxygen atoms in total. The summed E-state index contributed by atoms with van der Waals surface area (Å²) in [5, 5.41) is 4.26. The quantitative estimate of drug-likeness (QED) is 0.772. The lowest BCUT2D eigenvalue weighted by atomic mass is 10.0. The zero-order valence-electron chi connectivity index (χ0n) is 12.0. The smallest absolute Gasteiger partial charge is 0.241 e. The van der Waals surface area contributed by atoms with Gasteiger partial charge in [-0.25, -0.2) is 10.0 Å². The topological polar surface area (TPSA) is 26.8 Å². The minimum absolute atomic E-state index is 0.261. The van der Waals surface area contributed by atoms with Crippen molar-refractivity contribution in [3.63, 3.8) is 0 Å². The molecule has 2 saturated heterocycles. The molecule has 106 valence electrons. The van der Waals surface area contributed by atoms with Crippen LogP contribution in [0.15, 0.2) is 24.3 Å². The van der Waals surface area contributed by atoms with Crippen LogP contribution >= 0.6 is 0 Å². The maximum Gasteiger partial charge on any atom is 0.241 e. The van der Waals surface area contributed by atoms with Gasteiger partial charge in [0.2, 0.25) is 5.91 Å². The Bertz CT molecular complexity index is 530. The summed E-state index contributed by atoms with van der Waals surface area (Å²) in [5.74, 6) is 1.71. The summed E-state index contributed by atoms with van der Waals surface area (Å²) < 4.78 is 0. The molecular formula is C16H21N3O. The molecule has 4 heteroatoms. The van der Waals surface area contributed by atoms with E-state index in [4.69, 9.17) is 0 Å². The Labute approximate surface area is 119 Å². The average Bonchev–Trinajstić information content (AvgIpc) is 2.95. The minimum atomic E-state index is 0.261. The third-order valence-electron chi connectivity index (χ3n) is 5.00. The first-order valence-corrected chi connectivity index (χ1v) is 7.56. The lowest BCUT2D eigenvalue weighted by Gasteiger charge is -2.36. The van der Waals surface area contributed by atoms with Crippen LogP contribution in [-0.2, 0) is 11.2 Å². The van der Waals surface area contributed by atoms with Crippen molar-refractivity contribution in [3.05, 3.63) is 29.8 Å². The molecule has 0 saturated carbocycles. The van der Waals surface area contributed by atoms with Gasteiger partial charge in [0, 0.05) is 32.6 Å². The van der Waals surface area contributed by atoms with E-state index in [0.717, 1.165) is 37.0 Å². The number of hydrogen-bond donors (Lipinski definition) is 0. The van der Waals surface area contributed by atoms with Crippen molar-refractivity contribution in [2.75, 3.05) is 38.2 Å². The number of likely N-dealkylation sites (tertiary alicyclic amines) is 1. The van der Waals surface area contributed by atoms with E-state index < -0.39 is 0 Å². The molecule has 20 heavy (non-hydrogen) atoms. The van der Waals surface area contributed by atoms with Gasteiger partial charge in [-0.05, 0) is 36.9 Å². The van der Waals surface area contributed by atoms with Gasteiger partial charge in [-0.15, -0.1) is 0 Å². The highest BCUT2D eigenvalue weighted by atomic mass is 16.2. The van der Waals surface area contributed by atoms with Crippen molar-refractivity contribution < 1.29 is 4.79 Å². The second-order valence-electron chi connectivity index (χ2n) is 6.45. The summed E-state index contributed by atoms with van der Waals surface area (Å²) in [6.07, 6.45) is 1.53. The average molecular weight is 271 g/mol. The van der Waals surface area contributed by atoms with Gasteiger partial charge in [-0.1, -0.05) is 18.2 Å². The summed E-state index contributed by atoms with van der Waals surface area (Å²) >= 11 is 0. The van der Waals surface area contributed by atoms with E-state index in [-0.39, 0.29) is 5.91 Å². The molecule has 3 aliphatic rings. The van der Waals surface area contributed by atoms with Crippen LogP contribution < -0.4 is 5.01 Å². The van der Waals surface area contributed by atoms with Gasteiger partial charge in [0.05, 0.1) is 5.69 Å². The predicted molar refractivity (Wildman–Crippen MR) is 78.3 cm³/mol. The number of carbonyl (C=O) groups is 1. The number of carbonyl (C=O) groups excluding carboxylic acids is 1. The molecule has 2 fully saturated rings. The molecule has 0 N–H and O–H groups in total. The lowest BCUT2D eigenvalue weighted by molar-refractivity contribution is -0.121. The number of benzene rings is 1. The van der Waals surface area contributed by atoms with Gasteiger partial charge in [0.25, 0.3) is 0 Å². The van der Waals surface area contributed by atoms with Crippen LogP contribution in [0.2, 0.25) is 0 Å². The van der Waals surface area contributed by atoms with Crippen molar-refractivity contribution in [2.24, 2.45) is 11.8 Å². The summed E-state index contributed by atoms with van der Waals surface area (Å²) in [7, 11) is 2.20. The van der Waals surface area contributed by atoms with Gasteiger partial charge in [-0.3, -0.25) is 4.79 Å². The first-order valence-electron chi connectivity index (χ1n) is 7.56.